The summed E-state index contributed by atoms with van der Waals surface area (Å²) in [4.78, 5) is 11.1. The molecule has 0 fully saturated rings. The molecule has 0 amide bonds. The molecule has 84 valence electrons. The third kappa shape index (κ3) is 6.89. The Morgan fingerprint density at radius 2 is 2.00 bits per heavy atom. The molecule has 0 unspecified atom stereocenters. The van der Waals surface area contributed by atoms with E-state index in [1.807, 2.05) is 13.8 Å². The highest BCUT2D eigenvalue weighted by molar-refractivity contribution is 5.71. The average molecular weight is 201 g/mol. The predicted molar refractivity (Wildman–Crippen MR) is 58.2 cm³/mol. The lowest BCUT2D eigenvalue weighted by atomic mass is 9.90. The third-order valence-corrected chi connectivity index (χ3v) is 2.20. The van der Waals surface area contributed by atoms with E-state index in [-0.39, 0.29) is 17.5 Å². The quantitative estimate of drug-likeness (QED) is 0.668. The molecule has 0 rings (SSSR count). The molecule has 3 heteroatoms. The van der Waals surface area contributed by atoms with E-state index < -0.39 is 0 Å². The van der Waals surface area contributed by atoms with Crippen molar-refractivity contribution in [1.82, 2.24) is 5.32 Å². The summed E-state index contributed by atoms with van der Waals surface area (Å²) in [6, 6.07) is 0. The van der Waals surface area contributed by atoms with Crippen molar-refractivity contribution in [3.05, 3.63) is 0 Å². The second-order valence-corrected chi connectivity index (χ2v) is 4.66. The van der Waals surface area contributed by atoms with Crippen LogP contribution in [0.15, 0.2) is 0 Å². The standard InChI is InChI=1S/C11H23NO2/c1-6-11(4,5)8-12-7-10(13)14-9(2)3/h9,12H,6-8H2,1-5H3. The van der Waals surface area contributed by atoms with Crippen LogP contribution in [0.4, 0.5) is 0 Å². The number of esters is 1. The zero-order valence-corrected chi connectivity index (χ0v) is 10.0. The first kappa shape index (κ1) is 13.4. The van der Waals surface area contributed by atoms with Gasteiger partial charge in [-0.3, -0.25) is 4.79 Å². The Hall–Kier alpha value is -0.570. The molecule has 0 aromatic heterocycles. The number of ether oxygens (including phenoxy) is 1. The highest BCUT2D eigenvalue weighted by Gasteiger charge is 2.15. The minimum absolute atomic E-state index is 0.0246. The predicted octanol–water partition coefficient (Wildman–Crippen LogP) is 1.96. The molecule has 0 bridgehead atoms. The topological polar surface area (TPSA) is 38.3 Å². The first-order valence-corrected chi connectivity index (χ1v) is 5.27. The van der Waals surface area contributed by atoms with Crippen LogP contribution in [0.3, 0.4) is 0 Å². The fraction of sp³-hybridized carbons (Fsp3) is 0.909. The molecule has 0 aliphatic rings. The van der Waals surface area contributed by atoms with Crippen LogP contribution in [-0.4, -0.2) is 25.2 Å². The average Bonchev–Trinajstić information content (AvgIpc) is 2.02. The Kier molecular flexibility index (Phi) is 5.77. The lowest BCUT2D eigenvalue weighted by Gasteiger charge is -2.22. The van der Waals surface area contributed by atoms with Crippen LogP contribution in [0.2, 0.25) is 0 Å². The van der Waals surface area contributed by atoms with E-state index in [9.17, 15) is 4.79 Å². The van der Waals surface area contributed by atoms with Gasteiger partial charge in [0.2, 0.25) is 0 Å². The molecular formula is C11H23NO2. The van der Waals surface area contributed by atoms with Crippen molar-refractivity contribution in [3.63, 3.8) is 0 Å². The van der Waals surface area contributed by atoms with Crippen molar-refractivity contribution in [1.29, 1.82) is 0 Å². The Labute approximate surface area is 87.2 Å². The molecule has 0 atom stereocenters. The van der Waals surface area contributed by atoms with Gasteiger partial charge in [0.25, 0.3) is 0 Å². The third-order valence-electron chi connectivity index (χ3n) is 2.20. The van der Waals surface area contributed by atoms with E-state index in [0.717, 1.165) is 13.0 Å². The lowest BCUT2D eigenvalue weighted by molar-refractivity contribution is -0.146. The van der Waals surface area contributed by atoms with E-state index in [4.69, 9.17) is 4.74 Å². The highest BCUT2D eigenvalue weighted by atomic mass is 16.5. The molecule has 14 heavy (non-hydrogen) atoms. The summed E-state index contributed by atoms with van der Waals surface area (Å²) in [7, 11) is 0. The van der Waals surface area contributed by atoms with Crippen LogP contribution in [-0.2, 0) is 9.53 Å². The van der Waals surface area contributed by atoms with Gasteiger partial charge in [-0.05, 0) is 25.7 Å². The maximum absolute atomic E-state index is 11.1. The van der Waals surface area contributed by atoms with Gasteiger partial charge < -0.3 is 10.1 Å². The van der Waals surface area contributed by atoms with Crippen LogP contribution in [0.5, 0.6) is 0 Å². The summed E-state index contributed by atoms with van der Waals surface area (Å²) in [6.45, 7) is 11.4. The van der Waals surface area contributed by atoms with Crippen molar-refractivity contribution in [3.8, 4) is 0 Å². The van der Waals surface area contributed by atoms with Gasteiger partial charge >= 0.3 is 5.97 Å². The smallest absolute Gasteiger partial charge is 0.320 e. The van der Waals surface area contributed by atoms with E-state index in [1.54, 1.807) is 0 Å². The van der Waals surface area contributed by atoms with Gasteiger partial charge in [-0.2, -0.15) is 0 Å². The Morgan fingerprint density at radius 1 is 1.43 bits per heavy atom. The van der Waals surface area contributed by atoms with Crippen LogP contribution in [0.1, 0.15) is 41.0 Å². The minimum atomic E-state index is -0.174. The zero-order chi connectivity index (χ0) is 11.2. The number of rotatable bonds is 6. The van der Waals surface area contributed by atoms with E-state index in [2.05, 4.69) is 26.1 Å². The summed E-state index contributed by atoms with van der Waals surface area (Å²) in [6.07, 6.45) is 1.07. The molecular weight excluding hydrogens is 178 g/mol. The number of carbonyl (C=O) groups is 1. The van der Waals surface area contributed by atoms with Crippen molar-refractivity contribution in [2.45, 2.75) is 47.1 Å². The van der Waals surface area contributed by atoms with Crippen LogP contribution in [0.25, 0.3) is 0 Å². The molecule has 0 spiro atoms. The number of nitrogens with one attached hydrogen (secondary N) is 1. The van der Waals surface area contributed by atoms with Gasteiger partial charge in [-0.15, -0.1) is 0 Å². The summed E-state index contributed by atoms with van der Waals surface area (Å²) in [5, 5.41) is 3.11. The summed E-state index contributed by atoms with van der Waals surface area (Å²) >= 11 is 0. The van der Waals surface area contributed by atoms with Crippen molar-refractivity contribution < 1.29 is 9.53 Å². The highest BCUT2D eigenvalue weighted by Crippen LogP contribution is 2.17. The SMILES string of the molecule is CCC(C)(C)CNCC(=O)OC(C)C. The molecule has 0 aliphatic heterocycles. The molecule has 0 radical (unpaired) electrons. The van der Waals surface area contributed by atoms with Crippen LogP contribution in [0, 0.1) is 5.41 Å². The van der Waals surface area contributed by atoms with Gasteiger partial charge in [0.05, 0.1) is 12.6 Å². The van der Waals surface area contributed by atoms with E-state index in [1.165, 1.54) is 0 Å². The van der Waals surface area contributed by atoms with E-state index in [0.29, 0.717) is 6.54 Å². The van der Waals surface area contributed by atoms with Gasteiger partial charge in [-0.1, -0.05) is 20.8 Å². The van der Waals surface area contributed by atoms with Gasteiger partial charge in [0.15, 0.2) is 0 Å². The number of hydrogen-bond acceptors (Lipinski definition) is 3. The second-order valence-electron chi connectivity index (χ2n) is 4.66. The van der Waals surface area contributed by atoms with Crippen molar-refractivity contribution in [2.24, 2.45) is 5.41 Å². The zero-order valence-electron chi connectivity index (χ0n) is 10.0. The summed E-state index contributed by atoms with van der Waals surface area (Å²) < 4.78 is 5.00. The monoisotopic (exact) mass is 201 g/mol. The molecule has 0 aromatic carbocycles. The van der Waals surface area contributed by atoms with Crippen LogP contribution < -0.4 is 5.32 Å². The van der Waals surface area contributed by atoms with Crippen molar-refractivity contribution >= 4 is 5.97 Å². The van der Waals surface area contributed by atoms with Crippen LogP contribution >= 0.6 is 0 Å². The van der Waals surface area contributed by atoms with Crippen molar-refractivity contribution in [2.75, 3.05) is 13.1 Å². The first-order valence-electron chi connectivity index (χ1n) is 5.27. The largest absolute Gasteiger partial charge is 0.462 e. The number of hydrogen-bond donors (Lipinski definition) is 1. The molecule has 0 aromatic rings. The molecule has 3 nitrogen and oxygen atoms in total. The van der Waals surface area contributed by atoms with E-state index >= 15 is 0 Å². The molecule has 0 saturated carbocycles. The Bertz CT molecular complexity index is 176. The number of carbonyl (C=O) groups excluding carboxylic acids is 1. The fourth-order valence-corrected chi connectivity index (χ4v) is 0.933. The Morgan fingerprint density at radius 3 is 2.43 bits per heavy atom. The minimum Gasteiger partial charge on any atom is -0.462 e. The maximum atomic E-state index is 11.1. The molecule has 1 N–H and O–H groups in total. The van der Waals surface area contributed by atoms with Gasteiger partial charge in [-0.25, -0.2) is 0 Å². The molecule has 0 saturated heterocycles. The summed E-state index contributed by atoms with van der Waals surface area (Å²) in [5.41, 5.74) is 0.248. The fourth-order valence-electron chi connectivity index (χ4n) is 0.933. The van der Waals surface area contributed by atoms with Gasteiger partial charge in [0, 0.05) is 6.54 Å². The maximum Gasteiger partial charge on any atom is 0.320 e. The molecule has 0 heterocycles. The Balaban J connectivity index is 3.59. The normalized spacial score (nSPS) is 11.9. The second kappa shape index (κ2) is 6.02. The summed E-state index contributed by atoms with van der Waals surface area (Å²) in [5.74, 6) is -0.174. The first-order chi connectivity index (χ1) is 6.37. The van der Waals surface area contributed by atoms with Gasteiger partial charge in [0.1, 0.15) is 0 Å². The lowest BCUT2D eigenvalue weighted by Crippen LogP contribution is -2.34. The molecule has 0 aliphatic carbocycles.